The van der Waals surface area contributed by atoms with Crippen molar-refractivity contribution in [2.45, 2.75) is 31.2 Å². The van der Waals surface area contributed by atoms with Crippen molar-refractivity contribution in [2.24, 2.45) is 5.92 Å². The molecule has 1 aromatic rings. The number of rotatable bonds is 8. The van der Waals surface area contributed by atoms with Crippen molar-refractivity contribution >= 4 is 27.5 Å². The first kappa shape index (κ1) is 20.8. The maximum Gasteiger partial charge on any atom is 0.269 e. The van der Waals surface area contributed by atoms with E-state index in [1.807, 2.05) is 13.8 Å². The van der Waals surface area contributed by atoms with E-state index in [4.69, 9.17) is 0 Å². The quantitative estimate of drug-likeness (QED) is 0.365. The first-order valence-corrected chi connectivity index (χ1v) is 9.91. The zero-order valence-corrected chi connectivity index (χ0v) is 15.9. The van der Waals surface area contributed by atoms with Crippen LogP contribution in [0.5, 0.6) is 0 Å². The maximum atomic E-state index is 12.1. The Bertz CT molecular complexity index is 822. The monoisotopic (exact) mass is 398 g/mol. The Labute approximate surface area is 157 Å². The molecule has 1 aliphatic rings. The van der Waals surface area contributed by atoms with Crippen LogP contribution in [0.3, 0.4) is 0 Å². The third-order valence-electron chi connectivity index (χ3n) is 4.23. The Balaban J connectivity index is 1.81. The van der Waals surface area contributed by atoms with Crippen LogP contribution in [0.1, 0.15) is 20.3 Å². The Morgan fingerprint density at radius 2 is 1.93 bits per heavy atom. The predicted octanol–water partition coefficient (Wildman–Crippen LogP) is 0.246. The van der Waals surface area contributed by atoms with Gasteiger partial charge < -0.3 is 10.2 Å². The van der Waals surface area contributed by atoms with E-state index in [1.165, 1.54) is 0 Å². The molecule has 0 aromatic heterocycles. The molecular weight excluding hydrogens is 376 g/mol. The van der Waals surface area contributed by atoms with Crippen molar-refractivity contribution in [2.75, 3.05) is 19.6 Å². The van der Waals surface area contributed by atoms with Gasteiger partial charge in [-0.25, -0.2) is 13.1 Å². The molecular formula is C16H22N4O6S. The molecule has 11 heteroatoms. The number of non-ortho nitro benzene ring substituents is 1. The van der Waals surface area contributed by atoms with Crippen LogP contribution in [0.2, 0.25) is 0 Å². The molecule has 1 heterocycles. The van der Waals surface area contributed by atoms with Crippen molar-refractivity contribution in [3.8, 4) is 0 Å². The molecule has 0 aliphatic carbocycles. The molecule has 1 fully saturated rings. The van der Waals surface area contributed by atoms with Gasteiger partial charge in [0, 0.05) is 44.2 Å². The highest BCUT2D eigenvalue weighted by Gasteiger charge is 2.35. The normalized spacial score (nSPS) is 17.4. The first-order chi connectivity index (χ1) is 12.6. The maximum absolute atomic E-state index is 12.1. The van der Waals surface area contributed by atoms with Crippen molar-refractivity contribution in [1.82, 2.24) is 14.9 Å². The van der Waals surface area contributed by atoms with Crippen molar-refractivity contribution in [3.63, 3.8) is 0 Å². The summed E-state index contributed by atoms with van der Waals surface area (Å²) < 4.78 is 26.6. The summed E-state index contributed by atoms with van der Waals surface area (Å²) >= 11 is 0. The first-order valence-electron chi connectivity index (χ1n) is 8.43. The average Bonchev–Trinajstić information content (AvgIpc) is 3.01. The lowest BCUT2D eigenvalue weighted by atomic mass is 10.1. The number of hydrogen-bond acceptors (Lipinski definition) is 6. The highest BCUT2D eigenvalue weighted by Crippen LogP contribution is 2.20. The van der Waals surface area contributed by atoms with Crippen molar-refractivity contribution < 1.29 is 22.9 Å². The molecule has 0 radical (unpaired) electrons. The van der Waals surface area contributed by atoms with Crippen LogP contribution in [0.25, 0.3) is 0 Å². The number of amides is 2. The number of benzene rings is 1. The van der Waals surface area contributed by atoms with Crippen LogP contribution in [-0.2, 0) is 19.6 Å². The van der Waals surface area contributed by atoms with Crippen LogP contribution < -0.4 is 10.0 Å². The van der Waals surface area contributed by atoms with Crippen LogP contribution in [0.4, 0.5) is 5.69 Å². The van der Waals surface area contributed by atoms with Gasteiger partial charge in [0.25, 0.3) is 5.69 Å². The molecule has 1 unspecified atom stereocenters. The molecule has 1 saturated heterocycles. The smallest absolute Gasteiger partial charge is 0.269 e. The highest BCUT2D eigenvalue weighted by atomic mass is 32.2. The van der Waals surface area contributed by atoms with Gasteiger partial charge in [0.05, 0.1) is 15.7 Å². The van der Waals surface area contributed by atoms with Gasteiger partial charge in [0.15, 0.2) is 0 Å². The van der Waals surface area contributed by atoms with Crippen LogP contribution in [0, 0.1) is 16.0 Å². The van der Waals surface area contributed by atoms with E-state index in [9.17, 15) is 28.1 Å². The van der Waals surface area contributed by atoms with Gasteiger partial charge in [-0.1, -0.05) is 0 Å². The van der Waals surface area contributed by atoms with E-state index < -0.39 is 20.9 Å². The fourth-order valence-corrected chi connectivity index (χ4v) is 3.78. The van der Waals surface area contributed by atoms with E-state index in [0.717, 1.165) is 24.3 Å². The van der Waals surface area contributed by atoms with Gasteiger partial charge in [-0.2, -0.15) is 0 Å². The molecule has 1 aromatic carbocycles. The lowest BCUT2D eigenvalue weighted by Gasteiger charge is -2.20. The molecule has 10 nitrogen and oxygen atoms in total. The lowest BCUT2D eigenvalue weighted by Crippen LogP contribution is -2.39. The van der Waals surface area contributed by atoms with Gasteiger partial charge >= 0.3 is 0 Å². The van der Waals surface area contributed by atoms with Crippen LogP contribution >= 0.6 is 0 Å². The fraction of sp³-hybridized carbons (Fsp3) is 0.500. The molecule has 1 atom stereocenters. The van der Waals surface area contributed by atoms with E-state index in [0.29, 0.717) is 6.54 Å². The number of nitrogens with one attached hydrogen (secondary N) is 2. The Morgan fingerprint density at radius 1 is 1.30 bits per heavy atom. The second-order valence-corrected chi connectivity index (χ2v) is 8.25. The molecule has 27 heavy (non-hydrogen) atoms. The summed E-state index contributed by atoms with van der Waals surface area (Å²) in [5, 5.41) is 13.2. The number of carbonyl (C=O) groups excluding carboxylic acids is 2. The van der Waals surface area contributed by atoms with Crippen molar-refractivity contribution in [3.05, 3.63) is 34.4 Å². The standard InChI is InChI=1S/C16H22N4O6S/c1-11(2)19-10-12(9-15(19)21)16(22)17-7-8-18-27(25,26)14-5-3-13(4-6-14)20(23)24/h3-6,11-12,18H,7-10H2,1-2H3,(H,17,22). The lowest BCUT2D eigenvalue weighted by molar-refractivity contribution is -0.384. The van der Waals surface area contributed by atoms with Crippen LogP contribution in [-0.4, -0.2) is 55.7 Å². The number of likely N-dealkylation sites (tertiary alicyclic amines) is 1. The topological polar surface area (TPSA) is 139 Å². The summed E-state index contributed by atoms with van der Waals surface area (Å²) in [6, 6.07) is 4.53. The number of nitro benzene ring substituents is 1. The Hall–Kier alpha value is -2.53. The summed E-state index contributed by atoms with van der Waals surface area (Å²) in [5.41, 5.74) is -0.206. The zero-order chi connectivity index (χ0) is 20.2. The van der Waals surface area contributed by atoms with Gasteiger partial charge in [0.1, 0.15) is 0 Å². The fourth-order valence-electron chi connectivity index (χ4n) is 2.75. The van der Waals surface area contributed by atoms with Gasteiger partial charge in [-0.05, 0) is 26.0 Å². The minimum atomic E-state index is -3.83. The number of sulfonamides is 1. The summed E-state index contributed by atoms with van der Waals surface area (Å²) in [5.74, 6) is -0.795. The molecule has 148 valence electrons. The number of nitro groups is 1. The van der Waals surface area contributed by atoms with Gasteiger partial charge in [-0.3, -0.25) is 19.7 Å². The molecule has 0 saturated carbocycles. The second kappa shape index (κ2) is 8.44. The number of hydrogen-bond donors (Lipinski definition) is 2. The molecule has 2 rings (SSSR count). The molecule has 2 N–H and O–H groups in total. The third-order valence-corrected chi connectivity index (χ3v) is 5.70. The second-order valence-electron chi connectivity index (χ2n) is 6.48. The Morgan fingerprint density at radius 3 is 2.44 bits per heavy atom. The van der Waals surface area contributed by atoms with E-state index in [-0.39, 0.29) is 47.9 Å². The van der Waals surface area contributed by atoms with Crippen molar-refractivity contribution in [1.29, 1.82) is 0 Å². The van der Waals surface area contributed by atoms with E-state index >= 15 is 0 Å². The summed E-state index contributed by atoms with van der Waals surface area (Å²) in [6.07, 6.45) is 0.151. The van der Waals surface area contributed by atoms with E-state index in [2.05, 4.69) is 10.0 Å². The minimum Gasteiger partial charge on any atom is -0.354 e. The zero-order valence-electron chi connectivity index (χ0n) is 15.0. The van der Waals surface area contributed by atoms with Gasteiger partial charge in [-0.15, -0.1) is 0 Å². The van der Waals surface area contributed by atoms with Crippen LogP contribution in [0.15, 0.2) is 29.2 Å². The summed E-state index contributed by atoms with van der Waals surface area (Å²) in [6.45, 7) is 4.14. The summed E-state index contributed by atoms with van der Waals surface area (Å²) in [7, 11) is -3.83. The predicted molar refractivity (Wildman–Crippen MR) is 96.3 cm³/mol. The SMILES string of the molecule is CC(C)N1CC(C(=O)NCCNS(=O)(=O)c2ccc([N+](=O)[O-])cc2)CC1=O. The highest BCUT2D eigenvalue weighted by molar-refractivity contribution is 7.89. The Kier molecular flexibility index (Phi) is 6.50. The molecule has 0 bridgehead atoms. The number of nitrogens with zero attached hydrogens (tertiary/aromatic N) is 2. The number of carbonyl (C=O) groups is 2. The summed E-state index contributed by atoms with van der Waals surface area (Å²) in [4.78, 5) is 35.5. The molecule has 1 aliphatic heterocycles. The van der Waals surface area contributed by atoms with E-state index in [1.54, 1.807) is 4.90 Å². The van der Waals surface area contributed by atoms with Gasteiger partial charge in [0.2, 0.25) is 21.8 Å². The minimum absolute atomic E-state index is 0.0313. The molecule has 2 amide bonds. The molecule has 0 spiro atoms. The average molecular weight is 398 g/mol. The largest absolute Gasteiger partial charge is 0.354 e. The third kappa shape index (κ3) is 5.23.